The van der Waals surface area contributed by atoms with E-state index >= 15 is 0 Å². The molecule has 1 aromatic carbocycles. The molecule has 5 heterocycles. The van der Waals surface area contributed by atoms with E-state index in [4.69, 9.17) is 4.74 Å². The number of pyridine rings is 3. The van der Waals surface area contributed by atoms with Crippen molar-refractivity contribution in [2.45, 2.75) is 63.1 Å². The van der Waals surface area contributed by atoms with Gasteiger partial charge in [0, 0.05) is 62.4 Å². The van der Waals surface area contributed by atoms with Crippen molar-refractivity contribution in [3.8, 4) is 11.6 Å². The molecule has 0 bridgehead atoms. The van der Waals surface area contributed by atoms with Gasteiger partial charge in [-0.3, -0.25) is 19.8 Å². The predicted octanol–water partition coefficient (Wildman–Crippen LogP) is 5.13. The number of carbonyl (C=O) groups excluding carboxylic acids is 1. The van der Waals surface area contributed by atoms with Crippen LogP contribution in [0.4, 0.5) is 16.2 Å². The lowest BCUT2D eigenvalue weighted by molar-refractivity contribution is 0.113. The Morgan fingerprint density at radius 1 is 0.854 bits per heavy atom. The monoisotopic (exact) mass is 671 g/mol. The summed E-state index contributed by atoms with van der Waals surface area (Å²) in [5, 5.41) is 12.7. The van der Waals surface area contributed by atoms with Gasteiger partial charge in [-0.2, -0.15) is 4.31 Å². The highest BCUT2D eigenvalue weighted by atomic mass is 32.2. The first-order chi connectivity index (χ1) is 23.1. The molecule has 2 aliphatic heterocycles. The maximum absolute atomic E-state index is 13.5. The van der Waals surface area contributed by atoms with Gasteiger partial charge >= 0.3 is 6.03 Å². The normalized spacial score (nSPS) is 16.8. The Morgan fingerprint density at radius 3 is 2.15 bits per heavy atom. The molecule has 0 spiro atoms. The third-order valence-corrected chi connectivity index (χ3v) is 10.7. The number of ether oxygens (including phenoxy) is 1. The van der Waals surface area contributed by atoms with Crippen LogP contribution in [-0.4, -0.2) is 82.0 Å². The molecule has 0 aliphatic carbocycles. The lowest BCUT2D eigenvalue weighted by Gasteiger charge is -2.38. The maximum Gasteiger partial charge on any atom is 0.326 e. The van der Waals surface area contributed by atoms with Crippen LogP contribution in [0.5, 0.6) is 11.6 Å². The number of nitrogens with one attached hydrogen (secondary N) is 1. The number of aromatic nitrogens is 3. The largest absolute Gasteiger partial charge is 0.439 e. The average Bonchev–Trinajstić information content (AvgIpc) is 3.09. The minimum atomic E-state index is -3.62. The van der Waals surface area contributed by atoms with Gasteiger partial charge < -0.3 is 15.2 Å². The lowest BCUT2D eigenvalue weighted by atomic mass is 10.0. The summed E-state index contributed by atoms with van der Waals surface area (Å²) < 4.78 is 33.2. The predicted molar refractivity (Wildman–Crippen MR) is 182 cm³/mol. The highest BCUT2D eigenvalue weighted by Crippen LogP contribution is 2.27. The van der Waals surface area contributed by atoms with Crippen molar-refractivity contribution in [1.29, 1.82) is 0 Å². The highest BCUT2D eigenvalue weighted by Gasteiger charge is 2.30. The number of aryl methyl sites for hydroxylation is 2. The minimum Gasteiger partial charge on any atom is -0.439 e. The molecular formula is C35H41N7O5S. The van der Waals surface area contributed by atoms with Crippen molar-refractivity contribution in [3.05, 3.63) is 96.2 Å². The van der Waals surface area contributed by atoms with Gasteiger partial charge in [-0.25, -0.2) is 18.2 Å². The first kappa shape index (κ1) is 33.5. The number of benzene rings is 1. The van der Waals surface area contributed by atoms with Crippen molar-refractivity contribution < 1.29 is 23.1 Å². The zero-order valence-electron chi connectivity index (χ0n) is 27.2. The Balaban J connectivity index is 1.03. The van der Waals surface area contributed by atoms with E-state index in [0.717, 1.165) is 48.6 Å². The topological polar surface area (TPSA) is 141 Å². The molecule has 6 rings (SSSR count). The number of hydrogen-bond donors (Lipinski definition) is 2. The third-order valence-electron chi connectivity index (χ3n) is 8.79. The van der Waals surface area contributed by atoms with E-state index in [0.29, 0.717) is 49.8 Å². The number of amides is 2. The van der Waals surface area contributed by atoms with Crippen molar-refractivity contribution in [1.82, 2.24) is 24.2 Å². The second kappa shape index (κ2) is 14.8. The number of nitrogens with zero attached hydrogens (tertiary/aromatic N) is 6. The fourth-order valence-corrected chi connectivity index (χ4v) is 7.48. The van der Waals surface area contributed by atoms with Gasteiger partial charge in [-0.15, -0.1) is 0 Å². The Kier molecular flexibility index (Phi) is 10.3. The fourth-order valence-electron chi connectivity index (χ4n) is 6.01. The number of hydrogen-bond acceptors (Lipinski definition) is 9. The third kappa shape index (κ3) is 8.16. The summed E-state index contributed by atoms with van der Waals surface area (Å²) in [5.41, 5.74) is 4.22. The maximum atomic E-state index is 13.5. The van der Waals surface area contributed by atoms with Crippen LogP contribution < -0.4 is 15.0 Å². The molecule has 2 saturated heterocycles. The van der Waals surface area contributed by atoms with E-state index in [2.05, 4.69) is 25.2 Å². The summed E-state index contributed by atoms with van der Waals surface area (Å²) in [6.07, 6.45) is 7.24. The van der Waals surface area contributed by atoms with E-state index in [-0.39, 0.29) is 17.0 Å². The molecule has 0 atom stereocenters. The number of aliphatic hydroxyl groups excluding tert-OH is 1. The van der Waals surface area contributed by atoms with Crippen LogP contribution in [-0.2, 0) is 16.6 Å². The molecule has 2 fully saturated rings. The van der Waals surface area contributed by atoms with Gasteiger partial charge in [0.1, 0.15) is 5.75 Å². The van der Waals surface area contributed by atoms with Crippen LogP contribution in [0.2, 0.25) is 0 Å². The molecule has 0 saturated carbocycles. The Hall–Kier alpha value is -4.43. The summed E-state index contributed by atoms with van der Waals surface area (Å²) in [5.74, 6) is 0.900. The van der Waals surface area contributed by atoms with E-state index in [1.165, 1.54) is 16.4 Å². The Morgan fingerprint density at radius 2 is 1.54 bits per heavy atom. The van der Waals surface area contributed by atoms with Crippen molar-refractivity contribution in [2.75, 3.05) is 36.4 Å². The number of piperidine rings is 2. The van der Waals surface area contributed by atoms with Crippen LogP contribution in [0, 0.1) is 13.8 Å². The first-order valence-corrected chi connectivity index (χ1v) is 17.7. The van der Waals surface area contributed by atoms with E-state index in [9.17, 15) is 18.3 Å². The van der Waals surface area contributed by atoms with Gasteiger partial charge in [-0.1, -0.05) is 6.07 Å². The Bertz CT molecular complexity index is 1770. The second-order valence-corrected chi connectivity index (χ2v) is 14.3. The van der Waals surface area contributed by atoms with E-state index in [1.807, 2.05) is 55.1 Å². The van der Waals surface area contributed by atoms with Crippen LogP contribution >= 0.6 is 0 Å². The molecule has 13 heteroatoms. The SMILES string of the molecule is Cc1ccc(NC(=O)N(c2ccc(C)nc2)C2CCN(Cc3ccc(Oc4ccc(S(=O)(=O)N5CCC(O)CC5)cc4)nc3)CC2)cn1. The van der Waals surface area contributed by atoms with Gasteiger partial charge in [0.2, 0.25) is 15.9 Å². The Labute approximate surface area is 281 Å². The lowest BCUT2D eigenvalue weighted by Crippen LogP contribution is -2.49. The van der Waals surface area contributed by atoms with Crippen LogP contribution in [0.25, 0.3) is 0 Å². The van der Waals surface area contributed by atoms with Crippen molar-refractivity contribution >= 4 is 27.4 Å². The summed E-state index contributed by atoms with van der Waals surface area (Å²) in [6, 6.07) is 17.5. The highest BCUT2D eigenvalue weighted by molar-refractivity contribution is 7.89. The molecule has 0 unspecified atom stereocenters. The molecule has 2 aliphatic rings. The molecule has 3 aromatic heterocycles. The zero-order chi connectivity index (χ0) is 33.7. The standard InChI is InChI=1S/C35H41N7O5S/c1-25-3-6-28(22-36-25)39-35(44)42(30-7-4-26(2)37-23-30)29-13-17-40(18-14-29)24-27-5-12-34(38-21-27)47-32-8-10-33(11-9-32)48(45,46)41-19-15-31(43)16-20-41/h3-12,21-23,29,31,43H,13-20,24H2,1-2H3,(H,39,44). The number of carbonyl (C=O) groups is 1. The molecule has 4 aromatic rings. The molecule has 48 heavy (non-hydrogen) atoms. The molecular weight excluding hydrogens is 630 g/mol. The zero-order valence-corrected chi connectivity index (χ0v) is 28.0. The van der Waals surface area contributed by atoms with Gasteiger partial charge in [0.25, 0.3) is 0 Å². The van der Waals surface area contributed by atoms with Crippen LogP contribution in [0.1, 0.15) is 42.6 Å². The summed E-state index contributed by atoms with van der Waals surface area (Å²) in [7, 11) is -3.62. The second-order valence-electron chi connectivity index (χ2n) is 12.4. The number of rotatable bonds is 9. The summed E-state index contributed by atoms with van der Waals surface area (Å²) in [4.78, 5) is 31.1. The number of anilines is 2. The van der Waals surface area contributed by atoms with Crippen molar-refractivity contribution in [3.63, 3.8) is 0 Å². The summed E-state index contributed by atoms with van der Waals surface area (Å²) in [6.45, 7) is 6.79. The molecule has 2 N–H and O–H groups in total. The number of likely N-dealkylation sites (tertiary alicyclic amines) is 1. The number of urea groups is 1. The van der Waals surface area contributed by atoms with Crippen molar-refractivity contribution in [2.24, 2.45) is 0 Å². The van der Waals surface area contributed by atoms with Gasteiger partial charge in [0.05, 0.1) is 34.8 Å². The molecule has 2 amide bonds. The van der Waals surface area contributed by atoms with Crippen LogP contribution in [0.3, 0.4) is 0 Å². The summed E-state index contributed by atoms with van der Waals surface area (Å²) >= 11 is 0. The average molecular weight is 672 g/mol. The minimum absolute atomic E-state index is 0.00666. The molecule has 12 nitrogen and oxygen atoms in total. The van der Waals surface area contributed by atoms with Crippen LogP contribution in [0.15, 0.2) is 84.1 Å². The number of sulfonamides is 1. The van der Waals surface area contributed by atoms with Gasteiger partial charge in [0.15, 0.2) is 0 Å². The van der Waals surface area contributed by atoms with E-state index in [1.54, 1.807) is 30.7 Å². The smallest absolute Gasteiger partial charge is 0.326 e. The van der Waals surface area contributed by atoms with E-state index < -0.39 is 16.1 Å². The fraction of sp³-hybridized carbons (Fsp3) is 0.371. The molecule has 252 valence electrons. The van der Waals surface area contributed by atoms with Gasteiger partial charge in [-0.05, 0) is 93.6 Å². The quantitative estimate of drug-likeness (QED) is 0.248. The first-order valence-electron chi connectivity index (χ1n) is 16.2. The number of aliphatic hydroxyl groups is 1. The molecule has 0 radical (unpaired) electrons.